The van der Waals surface area contributed by atoms with E-state index in [1.54, 1.807) is 24.3 Å². The molecule has 18 heavy (non-hydrogen) atoms. The Morgan fingerprint density at radius 3 is 2.39 bits per heavy atom. The van der Waals surface area contributed by atoms with Crippen LogP contribution in [0.25, 0.3) is 0 Å². The van der Waals surface area contributed by atoms with Gasteiger partial charge < -0.3 is 10.2 Å². The highest BCUT2D eigenvalue weighted by atomic mass is 32.1. The molecule has 0 bridgehead atoms. The summed E-state index contributed by atoms with van der Waals surface area (Å²) in [5, 5.41) is 19.0. The maximum Gasteiger partial charge on any atom is 0.268 e. The second-order valence-electron chi connectivity index (χ2n) is 4.02. The summed E-state index contributed by atoms with van der Waals surface area (Å²) >= 11 is 4.17. The Bertz CT molecular complexity index is 652. The molecule has 1 aliphatic rings. The van der Waals surface area contributed by atoms with Crippen molar-refractivity contribution in [3.8, 4) is 11.5 Å². The summed E-state index contributed by atoms with van der Waals surface area (Å²) in [7, 11) is 0. The highest BCUT2D eigenvalue weighted by molar-refractivity contribution is 7.80. The molecule has 0 fully saturated rings. The van der Waals surface area contributed by atoms with Gasteiger partial charge in [0.2, 0.25) is 0 Å². The minimum absolute atomic E-state index is 0.0745. The van der Waals surface area contributed by atoms with E-state index in [1.807, 2.05) is 0 Å². The standard InChI is InChI=1S/C13H9NO3S/c15-8-5-10-12(11(16)6-8)13(17)14(10)7-1-3-9(18)4-2-7/h1-6,15-16,18H. The molecule has 1 amide bonds. The number of nitrogens with zero attached hydrogens (tertiary/aromatic N) is 1. The number of aromatic hydroxyl groups is 2. The van der Waals surface area contributed by atoms with Gasteiger partial charge in [0.05, 0.1) is 5.69 Å². The van der Waals surface area contributed by atoms with Crippen LogP contribution in [-0.2, 0) is 0 Å². The van der Waals surface area contributed by atoms with Gasteiger partial charge in [-0.1, -0.05) is 0 Å². The summed E-state index contributed by atoms with van der Waals surface area (Å²) < 4.78 is 0. The normalized spacial score (nSPS) is 13.2. The van der Waals surface area contributed by atoms with Gasteiger partial charge in [-0.15, -0.1) is 12.6 Å². The number of thiol groups is 1. The first kappa shape index (κ1) is 11.0. The zero-order valence-electron chi connectivity index (χ0n) is 9.16. The van der Waals surface area contributed by atoms with Gasteiger partial charge in [-0.05, 0) is 24.3 Å². The number of carbonyl (C=O) groups excluding carboxylic acids is 1. The lowest BCUT2D eigenvalue weighted by Crippen LogP contribution is -2.36. The Labute approximate surface area is 109 Å². The molecule has 1 aliphatic heterocycles. The van der Waals surface area contributed by atoms with Gasteiger partial charge in [-0.25, -0.2) is 0 Å². The number of anilines is 2. The Morgan fingerprint density at radius 1 is 1.06 bits per heavy atom. The van der Waals surface area contributed by atoms with Crippen molar-refractivity contribution in [1.82, 2.24) is 0 Å². The van der Waals surface area contributed by atoms with Gasteiger partial charge in [0, 0.05) is 22.7 Å². The first-order valence-corrected chi connectivity index (χ1v) is 5.72. The minimum atomic E-state index is -0.283. The fraction of sp³-hybridized carbons (Fsp3) is 0. The fourth-order valence-electron chi connectivity index (χ4n) is 2.02. The van der Waals surface area contributed by atoms with E-state index in [2.05, 4.69) is 12.6 Å². The van der Waals surface area contributed by atoms with Crippen LogP contribution in [0.3, 0.4) is 0 Å². The minimum Gasteiger partial charge on any atom is -0.508 e. The van der Waals surface area contributed by atoms with Gasteiger partial charge >= 0.3 is 0 Å². The Kier molecular flexibility index (Phi) is 2.24. The van der Waals surface area contributed by atoms with Crippen LogP contribution in [0, 0.1) is 0 Å². The molecule has 1 heterocycles. The van der Waals surface area contributed by atoms with Gasteiger partial charge in [0.1, 0.15) is 17.1 Å². The largest absolute Gasteiger partial charge is 0.508 e. The molecule has 0 spiro atoms. The van der Waals surface area contributed by atoms with Crippen LogP contribution in [0.4, 0.5) is 11.4 Å². The van der Waals surface area contributed by atoms with Crippen molar-refractivity contribution in [2.75, 3.05) is 4.90 Å². The summed E-state index contributed by atoms with van der Waals surface area (Å²) in [6, 6.07) is 9.66. The summed E-state index contributed by atoms with van der Waals surface area (Å²) in [5.41, 5.74) is 1.42. The molecular weight excluding hydrogens is 250 g/mol. The highest BCUT2D eigenvalue weighted by Crippen LogP contribution is 2.45. The van der Waals surface area contributed by atoms with Crippen molar-refractivity contribution in [3.05, 3.63) is 42.0 Å². The molecule has 0 radical (unpaired) electrons. The number of phenolic OH excluding ortho intramolecular Hbond substituents is 2. The average molecular weight is 259 g/mol. The van der Waals surface area contributed by atoms with E-state index in [9.17, 15) is 15.0 Å². The van der Waals surface area contributed by atoms with Gasteiger partial charge in [-0.2, -0.15) is 0 Å². The van der Waals surface area contributed by atoms with E-state index in [0.29, 0.717) is 11.4 Å². The molecule has 0 saturated heterocycles. The quantitative estimate of drug-likeness (QED) is 0.690. The zero-order chi connectivity index (χ0) is 12.9. The molecule has 3 rings (SSSR count). The molecule has 4 nitrogen and oxygen atoms in total. The lowest BCUT2D eigenvalue weighted by atomic mass is 9.99. The molecular formula is C13H9NO3S. The van der Waals surface area contributed by atoms with Crippen molar-refractivity contribution >= 4 is 29.9 Å². The van der Waals surface area contributed by atoms with Crippen LogP contribution in [0.1, 0.15) is 10.4 Å². The maximum absolute atomic E-state index is 11.9. The first-order chi connectivity index (χ1) is 8.58. The van der Waals surface area contributed by atoms with Crippen molar-refractivity contribution in [1.29, 1.82) is 0 Å². The van der Waals surface area contributed by atoms with Crippen LogP contribution < -0.4 is 4.90 Å². The molecule has 90 valence electrons. The Hall–Kier alpha value is -2.14. The van der Waals surface area contributed by atoms with Gasteiger partial charge in [0.25, 0.3) is 5.91 Å². The summed E-state index contributed by atoms with van der Waals surface area (Å²) in [6.45, 7) is 0. The topological polar surface area (TPSA) is 60.8 Å². The Balaban J connectivity index is 2.10. The van der Waals surface area contributed by atoms with Crippen molar-refractivity contribution < 1.29 is 15.0 Å². The number of carbonyl (C=O) groups is 1. The number of phenols is 2. The number of benzene rings is 2. The van der Waals surface area contributed by atoms with Gasteiger partial charge in [0.15, 0.2) is 0 Å². The van der Waals surface area contributed by atoms with E-state index in [4.69, 9.17) is 0 Å². The monoisotopic (exact) mass is 259 g/mol. The smallest absolute Gasteiger partial charge is 0.268 e. The number of rotatable bonds is 1. The van der Waals surface area contributed by atoms with Crippen LogP contribution in [-0.4, -0.2) is 16.1 Å². The second-order valence-corrected chi connectivity index (χ2v) is 4.53. The predicted octanol–water partition coefficient (Wildman–Crippen LogP) is 2.68. The molecule has 0 atom stereocenters. The lowest BCUT2D eigenvalue weighted by Gasteiger charge is -2.34. The average Bonchev–Trinajstić information content (AvgIpc) is 2.30. The third-order valence-electron chi connectivity index (χ3n) is 2.85. The summed E-state index contributed by atoms with van der Waals surface area (Å²) in [6.07, 6.45) is 0. The van der Waals surface area contributed by atoms with E-state index in [0.717, 1.165) is 11.0 Å². The second kappa shape index (κ2) is 3.68. The molecule has 0 aromatic heterocycles. The first-order valence-electron chi connectivity index (χ1n) is 5.27. The zero-order valence-corrected chi connectivity index (χ0v) is 10.1. The molecule has 2 aromatic rings. The van der Waals surface area contributed by atoms with Crippen LogP contribution in [0.2, 0.25) is 0 Å². The van der Waals surface area contributed by atoms with Crippen LogP contribution in [0.15, 0.2) is 41.3 Å². The van der Waals surface area contributed by atoms with Crippen LogP contribution in [0.5, 0.6) is 11.5 Å². The maximum atomic E-state index is 11.9. The summed E-state index contributed by atoms with van der Waals surface area (Å²) in [4.78, 5) is 14.2. The Morgan fingerprint density at radius 2 is 1.72 bits per heavy atom. The lowest BCUT2D eigenvalue weighted by molar-refractivity contribution is 0.0977. The SMILES string of the molecule is O=C1c2c(O)cc(O)cc2N1c1ccc(S)cc1. The molecule has 2 N–H and O–H groups in total. The van der Waals surface area contributed by atoms with Crippen molar-refractivity contribution in [2.45, 2.75) is 4.90 Å². The van der Waals surface area contributed by atoms with Crippen LogP contribution >= 0.6 is 12.6 Å². The molecule has 0 aliphatic carbocycles. The van der Waals surface area contributed by atoms with E-state index < -0.39 is 0 Å². The van der Waals surface area contributed by atoms with E-state index in [1.165, 1.54) is 11.0 Å². The molecule has 2 aromatic carbocycles. The fourth-order valence-corrected chi connectivity index (χ4v) is 2.17. The van der Waals surface area contributed by atoms with E-state index in [-0.39, 0.29) is 23.0 Å². The number of amides is 1. The molecule has 5 heteroatoms. The van der Waals surface area contributed by atoms with E-state index >= 15 is 0 Å². The predicted molar refractivity (Wildman–Crippen MR) is 69.9 cm³/mol. The van der Waals surface area contributed by atoms with Gasteiger partial charge in [-0.3, -0.25) is 9.69 Å². The third kappa shape index (κ3) is 1.44. The number of hydrogen-bond acceptors (Lipinski definition) is 4. The van der Waals surface area contributed by atoms with Crippen molar-refractivity contribution in [3.63, 3.8) is 0 Å². The molecule has 0 saturated carbocycles. The van der Waals surface area contributed by atoms with Crippen molar-refractivity contribution in [2.24, 2.45) is 0 Å². The summed E-state index contributed by atoms with van der Waals surface area (Å²) in [5.74, 6) is -0.555. The highest BCUT2D eigenvalue weighted by Gasteiger charge is 2.37. The molecule has 0 unspecified atom stereocenters. The number of fused-ring (bicyclic) bond motifs is 1. The number of hydrogen-bond donors (Lipinski definition) is 3. The third-order valence-corrected chi connectivity index (χ3v) is 3.15.